The number of aliphatic hydroxyl groups is 1. The summed E-state index contributed by atoms with van der Waals surface area (Å²) in [6.07, 6.45) is 6.68. The summed E-state index contributed by atoms with van der Waals surface area (Å²) in [5, 5.41) is 10.7. The van der Waals surface area contributed by atoms with Crippen LogP contribution in [0.2, 0.25) is 0 Å². The monoisotopic (exact) mass is 591 g/mol. The van der Waals surface area contributed by atoms with Crippen molar-refractivity contribution < 1.29 is 30.0 Å². The zero-order chi connectivity index (χ0) is 20.9. The van der Waals surface area contributed by atoms with E-state index in [4.69, 9.17) is 4.98 Å². The molecule has 1 fully saturated rings. The van der Waals surface area contributed by atoms with Crippen LogP contribution in [0.4, 0.5) is 0 Å². The number of rotatable bonds is 2. The van der Waals surface area contributed by atoms with Gasteiger partial charge in [0, 0.05) is 38.5 Å². The number of allylic oxidation sites excluding steroid dienone is 2. The molecule has 0 amide bonds. The average Bonchev–Trinajstić information content (AvgIpc) is 2.79. The Hall–Kier alpha value is -2.29. The van der Waals surface area contributed by atoms with E-state index in [1.54, 1.807) is 0 Å². The Morgan fingerprint density at radius 1 is 1.06 bits per heavy atom. The van der Waals surface area contributed by atoms with Gasteiger partial charge in [0.05, 0.1) is 11.3 Å². The number of pyridine rings is 1. The molecule has 1 aromatic heterocycles. The molecule has 163 valence electrons. The number of aryl methyl sites for hydroxylation is 1. The molecule has 0 spiro atoms. The van der Waals surface area contributed by atoms with Gasteiger partial charge in [-0.15, -0.1) is 35.9 Å². The minimum atomic E-state index is 0. The molecule has 1 saturated carbocycles. The van der Waals surface area contributed by atoms with Gasteiger partial charge >= 0.3 is 0 Å². The molecule has 2 aliphatic carbocycles. The third-order valence-electron chi connectivity index (χ3n) is 6.09. The van der Waals surface area contributed by atoms with E-state index in [1.807, 2.05) is 24.3 Å². The second-order valence-corrected chi connectivity index (χ2v) is 8.12. The van der Waals surface area contributed by atoms with Crippen LogP contribution in [0.5, 0.6) is 0 Å². The summed E-state index contributed by atoms with van der Waals surface area (Å²) in [6, 6.07) is 21.8. The van der Waals surface area contributed by atoms with Crippen LogP contribution >= 0.6 is 0 Å². The number of benzene rings is 2. The maximum atomic E-state index is 11.4. The average molecular weight is 591 g/mol. The number of aromatic nitrogens is 1. The molecule has 31 heavy (non-hydrogen) atoms. The Kier molecular flexibility index (Phi) is 8.17. The number of aliphatic hydroxyl groups excluding tert-OH is 1. The Balaban J connectivity index is 0.000000183. The van der Waals surface area contributed by atoms with Gasteiger partial charge in [0.15, 0.2) is 5.78 Å². The summed E-state index contributed by atoms with van der Waals surface area (Å²) in [7, 11) is 0. The van der Waals surface area contributed by atoms with Crippen LogP contribution in [0.25, 0.3) is 22.2 Å². The van der Waals surface area contributed by atoms with Crippen molar-refractivity contribution >= 4 is 16.7 Å². The van der Waals surface area contributed by atoms with Gasteiger partial charge < -0.3 is 5.11 Å². The Morgan fingerprint density at radius 2 is 1.84 bits per heavy atom. The van der Waals surface area contributed by atoms with Crippen molar-refractivity contribution in [3.63, 3.8) is 0 Å². The number of nitrogens with zero attached hydrogens (tertiary/aromatic N) is 1. The topological polar surface area (TPSA) is 50.2 Å². The van der Waals surface area contributed by atoms with Crippen molar-refractivity contribution in [2.24, 2.45) is 5.92 Å². The molecule has 0 aliphatic heterocycles. The summed E-state index contributed by atoms with van der Waals surface area (Å²) in [4.78, 5) is 16.1. The third kappa shape index (κ3) is 5.50. The summed E-state index contributed by atoms with van der Waals surface area (Å²) < 4.78 is 0. The molecule has 0 bridgehead atoms. The SMILES string of the molecule is CCc1ccc2ccc(-c3[c-]cccc3)nc2c1.O=C1CCCC2CCCC(O)=C12.[Ir]. The molecule has 2 aliphatic rings. The van der Waals surface area contributed by atoms with Crippen LogP contribution < -0.4 is 0 Å². The van der Waals surface area contributed by atoms with Gasteiger partial charge in [0.25, 0.3) is 0 Å². The first-order valence-electron chi connectivity index (χ1n) is 11.0. The zero-order valence-electron chi connectivity index (χ0n) is 17.9. The minimum absolute atomic E-state index is 0. The molecule has 5 rings (SSSR count). The third-order valence-corrected chi connectivity index (χ3v) is 6.09. The van der Waals surface area contributed by atoms with E-state index >= 15 is 0 Å². The second-order valence-electron chi connectivity index (χ2n) is 8.12. The van der Waals surface area contributed by atoms with Gasteiger partial charge in [-0.25, -0.2) is 0 Å². The maximum Gasteiger partial charge on any atom is 0.162 e. The number of fused-ring (bicyclic) bond motifs is 2. The molecule has 2 aromatic carbocycles. The first-order chi connectivity index (χ1) is 14.7. The van der Waals surface area contributed by atoms with Crippen LogP contribution in [0.1, 0.15) is 51.0 Å². The maximum absolute atomic E-state index is 11.4. The van der Waals surface area contributed by atoms with E-state index in [2.05, 4.69) is 43.3 Å². The summed E-state index contributed by atoms with van der Waals surface area (Å²) in [5.74, 6) is 0.972. The van der Waals surface area contributed by atoms with Crippen molar-refractivity contribution in [2.75, 3.05) is 0 Å². The van der Waals surface area contributed by atoms with E-state index in [1.165, 1.54) is 10.9 Å². The van der Waals surface area contributed by atoms with Crippen LogP contribution in [0.3, 0.4) is 0 Å². The predicted molar refractivity (Wildman–Crippen MR) is 121 cm³/mol. The van der Waals surface area contributed by atoms with Crippen molar-refractivity contribution in [1.82, 2.24) is 4.98 Å². The molecular formula is C27H28IrNO2-. The van der Waals surface area contributed by atoms with Crippen LogP contribution in [0, 0.1) is 12.0 Å². The zero-order valence-corrected chi connectivity index (χ0v) is 20.3. The largest absolute Gasteiger partial charge is 0.512 e. The van der Waals surface area contributed by atoms with E-state index in [9.17, 15) is 9.90 Å². The number of carbonyl (C=O) groups excluding carboxylic acids is 1. The van der Waals surface area contributed by atoms with Crippen molar-refractivity contribution in [3.05, 3.63) is 77.6 Å². The van der Waals surface area contributed by atoms with Gasteiger partial charge in [-0.3, -0.25) is 9.78 Å². The van der Waals surface area contributed by atoms with Crippen molar-refractivity contribution in [1.29, 1.82) is 0 Å². The van der Waals surface area contributed by atoms with Crippen molar-refractivity contribution in [2.45, 2.75) is 51.9 Å². The Labute approximate surface area is 198 Å². The van der Waals surface area contributed by atoms with Gasteiger partial charge in [0.2, 0.25) is 0 Å². The molecule has 4 heteroatoms. The number of ketones is 1. The first-order valence-corrected chi connectivity index (χ1v) is 11.0. The molecule has 1 N–H and O–H groups in total. The quantitative estimate of drug-likeness (QED) is 0.342. The predicted octanol–water partition coefficient (Wildman–Crippen LogP) is 6.61. The fourth-order valence-electron chi connectivity index (χ4n) is 4.44. The number of Topliss-reactive ketones (excluding diaryl/α,β-unsaturated/α-hetero) is 1. The molecule has 3 nitrogen and oxygen atoms in total. The molecule has 1 radical (unpaired) electrons. The molecule has 1 atom stereocenters. The molecule has 1 unspecified atom stereocenters. The number of hydrogen-bond donors (Lipinski definition) is 1. The summed E-state index contributed by atoms with van der Waals surface area (Å²) in [5.41, 5.74) is 5.18. The fraction of sp³-hybridized carbons (Fsp3) is 0.333. The van der Waals surface area contributed by atoms with Gasteiger partial charge in [0.1, 0.15) is 0 Å². The molecule has 1 heterocycles. The van der Waals surface area contributed by atoms with Gasteiger partial charge in [-0.2, -0.15) is 0 Å². The Morgan fingerprint density at radius 3 is 2.55 bits per heavy atom. The normalized spacial score (nSPS) is 18.0. The fourth-order valence-corrected chi connectivity index (χ4v) is 4.44. The summed E-state index contributed by atoms with van der Waals surface area (Å²) in [6.45, 7) is 2.16. The smallest absolute Gasteiger partial charge is 0.162 e. The van der Waals surface area contributed by atoms with Gasteiger partial charge in [-0.05, 0) is 60.7 Å². The standard InChI is InChI=1S/C17H14N.C10H14O2.Ir/c1-2-13-8-9-15-10-11-16(18-17(15)12-13)14-6-4-3-5-7-14;11-8-5-1-3-7-4-2-6-9(12)10(7)8;/h3-6,8-12H,2H2,1H3;7,11H,1-6H2;/q-1;;. The minimum Gasteiger partial charge on any atom is -0.512 e. The molecular weight excluding hydrogens is 563 g/mol. The number of hydrogen-bond acceptors (Lipinski definition) is 3. The van der Waals surface area contributed by atoms with Gasteiger partial charge in [-0.1, -0.05) is 31.2 Å². The van der Waals surface area contributed by atoms with Crippen molar-refractivity contribution in [3.8, 4) is 11.3 Å². The first kappa shape index (κ1) is 23.4. The van der Waals surface area contributed by atoms with E-state index < -0.39 is 0 Å². The Bertz CT molecular complexity index is 1080. The molecule has 0 saturated heterocycles. The van der Waals surface area contributed by atoms with Crippen LogP contribution in [-0.2, 0) is 31.3 Å². The second kappa shape index (κ2) is 10.8. The van der Waals surface area contributed by atoms with E-state index in [0.29, 0.717) is 18.1 Å². The summed E-state index contributed by atoms with van der Waals surface area (Å²) >= 11 is 0. The molecule has 3 aromatic rings. The van der Waals surface area contributed by atoms with Crippen LogP contribution in [0.15, 0.2) is 65.9 Å². The van der Waals surface area contributed by atoms with Crippen LogP contribution in [-0.4, -0.2) is 15.9 Å². The van der Waals surface area contributed by atoms with E-state index in [0.717, 1.165) is 60.9 Å². The van der Waals surface area contributed by atoms with E-state index in [-0.39, 0.29) is 25.9 Å². The number of carbonyl (C=O) groups is 1.